The van der Waals surface area contributed by atoms with E-state index in [4.69, 9.17) is 0 Å². The Balaban J connectivity index is 1.55. The molecule has 0 radical (unpaired) electrons. The fourth-order valence-electron chi connectivity index (χ4n) is 3.28. The minimum Gasteiger partial charge on any atom is -0.395 e. The molecule has 2 nitrogen and oxygen atoms in total. The van der Waals surface area contributed by atoms with Crippen molar-refractivity contribution >= 4 is 0 Å². The van der Waals surface area contributed by atoms with Crippen LogP contribution in [0.2, 0.25) is 0 Å². The first kappa shape index (κ1) is 11.9. The number of hydrogen-bond acceptors (Lipinski definition) is 2. The number of hydrogen-bond donors (Lipinski definition) is 2. The fraction of sp³-hybridized carbons (Fsp3) is 0.500. The van der Waals surface area contributed by atoms with Crippen LogP contribution >= 0.6 is 0 Å². The van der Waals surface area contributed by atoms with E-state index in [0.29, 0.717) is 6.04 Å². The maximum absolute atomic E-state index is 9.52. The summed E-state index contributed by atoms with van der Waals surface area (Å²) in [6.45, 7) is 0.215. The molecular formula is C16H21NO. The minimum atomic E-state index is 0.187. The second-order valence-corrected chi connectivity index (χ2v) is 5.58. The molecule has 2 aliphatic carbocycles. The van der Waals surface area contributed by atoms with Crippen molar-refractivity contribution < 1.29 is 5.11 Å². The molecule has 4 atom stereocenters. The third kappa shape index (κ3) is 2.36. The molecule has 1 aromatic carbocycles. The van der Waals surface area contributed by atoms with Gasteiger partial charge in [-0.05, 0) is 36.7 Å². The number of aliphatic hydroxyl groups excluding tert-OH is 1. The average molecular weight is 243 g/mol. The van der Waals surface area contributed by atoms with Crippen molar-refractivity contribution in [2.45, 2.75) is 31.3 Å². The van der Waals surface area contributed by atoms with E-state index in [-0.39, 0.29) is 12.6 Å². The molecule has 1 fully saturated rings. The highest BCUT2D eigenvalue weighted by Crippen LogP contribution is 2.42. The van der Waals surface area contributed by atoms with Crippen molar-refractivity contribution in [1.82, 2.24) is 5.32 Å². The quantitative estimate of drug-likeness (QED) is 0.777. The zero-order chi connectivity index (χ0) is 12.4. The van der Waals surface area contributed by atoms with Crippen molar-refractivity contribution in [1.29, 1.82) is 0 Å². The van der Waals surface area contributed by atoms with E-state index in [1.165, 1.54) is 18.4 Å². The van der Waals surface area contributed by atoms with Crippen LogP contribution in [0.25, 0.3) is 0 Å². The highest BCUT2D eigenvalue weighted by Gasteiger charge is 2.41. The Bertz CT molecular complexity index is 414. The third-order valence-electron chi connectivity index (χ3n) is 4.36. The predicted molar refractivity (Wildman–Crippen MR) is 73.3 cm³/mol. The molecular weight excluding hydrogens is 222 g/mol. The Morgan fingerprint density at radius 3 is 2.83 bits per heavy atom. The standard InChI is InChI=1S/C16H21NO/c18-11-14(9-12-5-2-1-3-6-12)17-16-10-13-7-4-8-15(13)16/h1-6,8,13-18H,7,9-11H2/t13?,14-,15?,16?/m0/s1. The van der Waals surface area contributed by atoms with Gasteiger partial charge < -0.3 is 10.4 Å². The Labute approximate surface area is 109 Å². The fourth-order valence-corrected chi connectivity index (χ4v) is 3.28. The van der Waals surface area contributed by atoms with Crippen LogP contribution in [-0.4, -0.2) is 23.8 Å². The van der Waals surface area contributed by atoms with E-state index < -0.39 is 0 Å². The molecule has 18 heavy (non-hydrogen) atoms. The smallest absolute Gasteiger partial charge is 0.0587 e. The van der Waals surface area contributed by atoms with Crippen LogP contribution in [0, 0.1) is 11.8 Å². The van der Waals surface area contributed by atoms with E-state index in [9.17, 15) is 5.11 Å². The summed E-state index contributed by atoms with van der Waals surface area (Å²) >= 11 is 0. The lowest BCUT2D eigenvalue weighted by atomic mass is 9.71. The Hall–Kier alpha value is -1.12. The summed E-state index contributed by atoms with van der Waals surface area (Å²) in [5.41, 5.74) is 1.29. The number of aliphatic hydroxyl groups is 1. The van der Waals surface area contributed by atoms with Gasteiger partial charge in [-0.3, -0.25) is 0 Å². The van der Waals surface area contributed by atoms with Crippen molar-refractivity contribution in [3.63, 3.8) is 0 Å². The lowest BCUT2D eigenvalue weighted by Crippen LogP contribution is -2.53. The largest absolute Gasteiger partial charge is 0.395 e. The van der Waals surface area contributed by atoms with Crippen LogP contribution in [0.3, 0.4) is 0 Å². The van der Waals surface area contributed by atoms with Crippen LogP contribution in [-0.2, 0) is 6.42 Å². The Morgan fingerprint density at radius 1 is 1.28 bits per heavy atom. The van der Waals surface area contributed by atoms with Crippen molar-refractivity contribution in [3.05, 3.63) is 48.0 Å². The molecule has 2 N–H and O–H groups in total. The van der Waals surface area contributed by atoms with Gasteiger partial charge in [-0.25, -0.2) is 0 Å². The summed E-state index contributed by atoms with van der Waals surface area (Å²) in [6.07, 6.45) is 8.09. The third-order valence-corrected chi connectivity index (χ3v) is 4.36. The van der Waals surface area contributed by atoms with Crippen LogP contribution < -0.4 is 5.32 Å². The number of nitrogens with one attached hydrogen (secondary N) is 1. The number of fused-ring (bicyclic) bond motifs is 1. The second kappa shape index (κ2) is 5.25. The summed E-state index contributed by atoms with van der Waals surface area (Å²) in [6, 6.07) is 11.2. The SMILES string of the molecule is OC[C@H](Cc1ccccc1)NC1CC2CC=CC21. The summed E-state index contributed by atoms with van der Waals surface area (Å²) in [5, 5.41) is 13.1. The van der Waals surface area contributed by atoms with Crippen molar-refractivity contribution in [3.8, 4) is 0 Å². The molecule has 3 unspecified atom stereocenters. The molecule has 0 aliphatic heterocycles. The van der Waals surface area contributed by atoms with Gasteiger partial charge in [0.2, 0.25) is 0 Å². The first-order chi connectivity index (χ1) is 8.86. The maximum Gasteiger partial charge on any atom is 0.0587 e. The van der Waals surface area contributed by atoms with Crippen LogP contribution in [0.1, 0.15) is 18.4 Å². The topological polar surface area (TPSA) is 32.3 Å². The minimum absolute atomic E-state index is 0.187. The number of rotatable bonds is 5. The summed E-state index contributed by atoms with van der Waals surface area (Å²) < 4.78 is 0. The first-order valence-corrected chi connectivity index (χ1v) is 6.94. The highest BCUT2D eigenvalue weighted by atomic mass is 16.3. The van der Waals surface area contributed by atoms with Gasteiger partial charge in [0.25, 0.3) is 0 Å². The first-order valence-electron chi connectivity index (χ1n) is 6.94. The van der Waals surface area contributed by atoms with Gasteiger partial charge in [0.05, 0.1) is 6.61 Å². The lowest BCUT2D eigenvalue weighted by molar-refractivity contribution is 0.129. The van der Waals surface area contributed by atoms with Gasteiger partial charge in [0.1, 0.15) is 0 Å². The van der Waals surface area contributed by atoms with E-state index in [0.717, 1.165) is 18.3 Å². The Kier molecular flexibility index (Phi) is 3.48. The van der Waals surface area contributed by atoms with E-state index >= 15 is 0 Å². The van der Waals surface area contributed by atoms with Crippen LogP contribution in [0.5, 0.6) is 0 Å². The second-order valence-electron chi connectivity index (χ2n) is 5.58. The molecule has 2 aliphatic rings. The van der Waals surface area contributed by atoms with Gasteiger partial charge >= 0.3 is 0 Å². The van der Waals surface area contributed by atoms with E-state index in [2.05, 4.69) is 41.7 Å². The summed E-state index contributed by atoms with van der Waals surface area (Å²) in [4.78, 5) is 0. The molecule has 96 valence electrons. The summed E-state index contributed by atoms with van der Waals surface area (Å²) in [7, 11) is 0. The number of allylic oxidation sites excluding steroid dienone is 1. The van der Waals surface area contributed by atoms with Crippen LogP contribution in [0.15, 0.2) is 42.5 Å². The van der Waals surface area contributed by atoms with Gasteiger partial charge in [0.15, 0.2) is 0 Å². The molecule has 0 amide bonds. The molecule has 0 bridgehead atoms. The zero-order valence-corrected chi connectivity index (χ0v) is 10.6. The van der Waals surface area contributed by atoms with Gasteiger partial charge in [-0.1, -0.05) is 42.5 Å². The molecule has 0 spiro atoms. The van der Waals surface area contributed by atoms with Gasteiger partial charge in [0, 0.05) is 12.1 Å². The molecule has 3 rings (SSSR count). The maximum atomic E-state index is 9.52. The molecule has 0 heterocycles. The molecule has 1 saturated carbocycles. The van der Waals surface area contributed by atoms with E-state index in [1.807, 2.05) is 6.07 Å². The molecule has 0 aromatic heterocycles. The predicted octanol–water partition coefficient (Wildman–Crippen LogP) is 2.14. The van der Waals surface area contributed by atoms with E-state index in [1.54, 1.807) is 0 Å². The average Bonchev–Trinajstić information content (AvgIpc) is 2.77. The zero-order valence-electron chi connectivity index (χ0n) is 10.6. The normalized spacial score (nSPS) is 30.8. The number of benzene rings is 1. The highest BCUT2D eigenvalue weighted by molar-refractivity contribution is 5.17. The van der Waals surface area contributed by atoms with Gasteiger partial charge in [-0.15, -0.1) is 0 Å². The van der Waals surface area contributed by atoms with Crippen LogP contribution in [0.4, 0.5) is 0 Å². The van der Waals surface area contributed by atoms with Gasteiger partial charge in [-0.2, -0.15) is 0 Å². The monoisotopic (exact) mass is 243 g/mol. The molecule has 2 heteroatoms. The summed E-state index contributed by atoms with van der Waals surface area (Å²) in [5.74, 6) is 1.59. The Morgan fingerprint density at radius 2 is 2.11 bits per heavy atom. The van der Waals surface area contributed by atoms with Crippen molar-refractivity contribution in [2.75, 3.05) is 6.61 Å². The molecule has 1 aromatic rings. The van der Waals surface area contributed by atoms with Crippen molar-refractivity contribution in [2.24, 2.45) is 11.8 Å². The lowest BCUT2D eigenvalue weighted by Gasteiger charge is -2.42. The molecule has 0 saturated heterocycles.